The third kappa shape index (κ3) is 5.01. The molecule has 3 aromatic rings. The van der Waals surface area contributed by atoms with Gasteiger partial charge in [-0.3, -0.25) is 4.79 Å². The Morgan fingerprint density at radius 3 is 2.25 bits per heavy atom. The molecule has 0 spiro atoms. The van der Waals surface area contributed by atoms with Gasteiger partial charge in [0.1, 0.15) is 0 Å². The number of aromatic nitrogens is 2. The van der Waals surface area contributed by atoms with E-state index in [2.05, 4.69) is 10.2 Å². The van der Waals surface area contributed by atoms with E-state index in [1.807, 2.05) is 93.3 Å². The molecule has 0 aliphatic carbocycles. The van der Waals surface area contributed by atoms with Crippen LogP contribution in [0, 0.1) is 0 Å². The first kappa shape index (κ1) is 20.1. The SMILES string of the molecule is C[C@@H](Sc1nnc(-c2ccccc2)o1)C(=O)N(Cc1ccccc1)C(C)(C)C. The molecular weight excluding hydrogens is 370 g/mol. The van der Waals surface area contributed by atoms with Gasteiger partial charge in [0.25, 0.3) is 5.22 Å². The molecule has 0 saturated heterocycles. The minimum absolute atomic E-state index is 0.0424. The van der Waals surface area contributed by atoms with Crippen molar-refractivity contribution in [2.75, 3.05) is 0 Å². The van der Waals surface area contributed by atoms with Crippen LogP contribution < -0.4 is 0 Å². The van der Waals surface area contributed by atoms with E-state index < -0.39 is 0 Å². The van der Waals surface area contributed by atoms with Crippen LogP contribution >= 0.6 is 11.8 Å². The third-order valence-electron chi connectivity index (χ3n) is 4.31. The molecule has 2 aromatic carbocycles. The fraction of sp³-hybridized carbons (Fsp3) is 0.318. The lowest BCUT2D eigenvalue weighted by atomic mass is 10.0. The topological polar surface area (TPSA) is 59.2 Å². The van der Waals surface area contributed by atoms with E-state index in [0.29, 0.717) is 17.7 Å². The lowest BCUT2D eigenvalue weighted by Gasteiger charge is -2.37. The second-order valence-corrected chi connectivity index (χ2v) is 8.87. The summed E-state index contributed by atoms with van der Waals surface area (Å²) in [5.74, 6) is 0.500. The summed E-state index contributed by atoms with van der Waals surface area (Å²) in [5.41, 5.74) is 1.67. The molecule has 1 aromatic heterocycles. The van der Waals surface area contributed by atoms with Crippen LogP contribution in [0.15, 0.2) is 70.3 Å². The van der Waals surface area contributed by atoms with Gasteiger partial charge < -0.3 is 9.32 Å². The van der Waals surface area contributed by atoms with Gasteiger partial charge in [0.2, 0.25) is 11.8 Å². The zero-order valence-electron chi connectivity index (χ0n) is 16.6. The van der Waals surface area contributed by atoms with Crippen LogP contribution in [0.3, 0.4) is 0 Å². The maximum atomic E-state index is 13.2. The Kier molecular flexibility index (Phi) is 6.19. The molecule has 1 amide bonds. The molecule has 1 atom stereocenters. The van der Waals surface area contributed by atoms with E-state index in [9.17, 15) is 4.79 Å². The average Bonchev–Trinajstić information content (AvgIpc) is 3.14. The van der Waals surface area contributed by atoms with Gasteiger partial charge in [-0.05, 0) is 45.4 Å². The van der Waals surface area contributed by atoms with Crippen LogP contribution in [0.4, 0.5) is 0 Å². The Hall–Kier alpha value is -2.60. The molecule has 5 nitrogen and oxygen atoms in total. The van der Waals surface area contributed by atoms with E-state index >= 15 is 0 Å². The summed E-state index contributed by atoms with van der Waals surface area (Å²) in [5, 5.41) is 8.25. The van der Waals surface area contributed by atoms with Gasteiger partial charge in [0.05, 0.1) is 5.25 Å². The zero-order chi connectivity index (χ0) is 20.1. The van der Waals surface area contributed by atoms with Crippen molar-refractivity contribution in [3.8, 4) is 11.5 Å². The van der Waals surface area contributed by atoms with E-state index in [4.69, 9.17) is 4.42 Å². The number of rotatable bonds is 6. The zero-order valence-corrected chi connectivity index (χ0v) is 17.4. The smallest absolute Gasteiger partial charge is 0.277 e. The number of carbonyl (C=O) groups is 1. The number of benzene rings is 2. The molecule has 0 bridgehead atoms. The van der Waals surface area contributed by atoms with Crippen LogP contribution in [0.5, 0.6) is 0 Å². The average molecular weight is 396 g/mol. The highest BCUT2D eigenvalue weighted by atomic mass is 32.2. The summed E-state index contributed by atoms with van der Waals surface area (Å²) in [4.78, 5) is 15.1. The van der Waals surface area contributed by atoms with Crippen LogP contribution in [-0.4, -0.2) is 31.8 Å². The van der Waals surface area contributed by atoms with Gasteiger partial charge in [-0.25, -0.2) is 0 Å². The van der Waals surface area contributed by atoms with Gasteiger partial charge >= 0.3 is 0 Å². The van der Waals surface area contributed by atoms with Gasteiger partial charge in [0, 0.05) is 17.6 Å². The van der Waals surface area contributed by atoms with Crippen molar-refractivity contribution in [2.24, 2.45) is 0 Å². The van der Waals surface area contributed by atoms with Crippen LogP contribution in [-0.2, 0) is 11.3 Å². The molecule has 0 fully saturated rings. The predicted molar refractivity (Wildman–Crippen MR) is 112 cm³/mol. The Morgan fingerprint density at radius 2 is 1.64 bits per heavy atom. The van der Waals surface area contributed by atoms with Crippen molar-refractivity contribution in [3.63, 3.8) is 0 Å². The second-order valence-electron chi connectivity index (χ2n) is 7.58. The van der Waals surface area contributed by atoms with Crippen molar-refractivity contribution >= 4 is 17.7 Å². The standard InChI is InChI=1S/C22H25N3O2S/c1-16(28-21-24-23-19(27-21)18-13-9-6-10-14-18)20(26)25(22(2,3)4)15-17-11-7-5-8-12-17/h5-14,16H,15H2,1-4H3/t16-/m1/s1. The lowest BCUT2D eigenvalue weighted by molar-refractivity contribution is -0.135. The first-order valence-corrected chi connectivity index (χ1v) is 10.1. The Balaban J connectivity index is 1.72. The van der Waals surface area contributed by atoms with Gasteiger partial charge in [0.15, 0.2) is 0 Å². The first-order chi connectivity index (χ1) is 13.3. The monoisotopic (exact) mass is 395 g/mol. The minimum atomic E-state index is -0.341. The largest absolute Gasteiger partial charge is 0.411 e. The lowest BCUT2D eigenvalue weighted by Crippen LogP contribution is -2.48. The van der Waals surface area contributed by atoms with Crippen molar-refractivity contribution in [1.29, 1.82) is 0 Å². The highest BCUT2D eigenvalue weighted by molar-refractivity contribution is 8.00. The van der Waals surface area contributed by atoms with Crippen molar-refractivity contribution in [3.05, 3.63) is 66.2 Å². The highest BCUT2D eigenvalue weighted by Crippen LogP contribution is 2.29. The number of hydrogen-bond donors (Lipinski definition) is 0. The van der Waals surface area contributed by atoms with Crippen molar-refractivity contribution in [2.45, 2.75) is 50.3 Å². The van der Waals surface area contributed by atoms with Crippen LogP contribution in [0.25, 0.3) is 11.5 Å². The summed E-state index contributed by atoms with van der Waals surface area (Å²) < 4.78 is 5.74. The summed E-state index contributed by atoms with van der Waals surface area (Å²) in [6, 6.07) is 19.6. The third-order valence-corrected chi connectivity index (χ3v) is 5.23. The molecule has 0 aliphatic rings. The van der Waals surface area contributed by atoms with Crippen LogP contribution in [0.2, 0.25) is 0 Å². The summed E-state index contributed by atoms with van der Waals surface area (Å²) in [6.45, 7) is 8.58. The Morgan fingerprint density at radius 1 is 1.04 bits per heavy atom. The molecule has 0 radical (unpaired) electrons. The maximum absolute atomic E-state index is 13.2. The Labute approximate surface area is 170 Å². The molecule has 0 saturated carbocycles. The van der Waals surface area contributed by atoms with Gasteiger partial charge in [-0.15, -0.1) is 10.2 Å². The fourth-order valence-electron chi connectivity index (χ4n) is 2.79. The molecular formula is C22H25N3O2S. The fourth-order valence-corrected chi connectivity index (χ4v) is 3.53. The highest BCUT2D eigenvalue weighted by Gasteiger charge is 2.31. The quantitative estimate of drug-likeness (QED) is 0.547. The van der Waals surface area contributed by atoms with Gasteiger partial charge in [-0.1, -0.05) is 60.3 Å². The van der Waals surface area contributed by atoms with Crippen LogP contribution in [0.1, 0.15) is 33.3 Å². The minimum Gasteiger partial charge on any atom is -0.411 e. The molecule has 0 aliphatic heterocycles. The first-order valence-electron chi connectivity index (χ1n) is 9.25. The number of carbonyl (C=O) groups excluding carboxylic acids is 1. The molecule has 6 heteroatoms. The van der Waals surface area contributed by atoms with Crippen molar-refractivity contribution < 1.29 is 9.21 Å². The summed E-state index contributed by atoms with van der Waals surface area (Å²) in [6.07, 6.45) is 0. The van der Waals surface area contributed by atoms with E-state index in [0.717, 1.165) is 11.1 Å². The number of hydrogen-bond acceptors (Lipinski definition) is 5. The molecule has 146 valence electrons. The van der Waals surface area contributed by atoms with E-state index in [1.54, 1.807) is 0 Å². The number of thioether (sulfide) groups is 1. The van der Waals surface area contributed by atoms with Gasteiger partial charge in [-0.2, -0.15) is 0 Å². The second kappa shape index (κ2) is 8.61. The summed E-state index contributed by atoms with van der Waals surface area (Å²) in [7, 11) is 0. The molecule has 0 N–H and O–H groups in total. The van der Waals surface area contributed by atoms with Crippen molar-refractivity contribution in [1.82, 2.24) is 15.1 Å². The molecule has 28 heavy (non-hydrogen) atoms. The normalized spacial score (nSPS) is 12.6. The maximum Gasteiger partial charge on any atom is 0.277 e. The van der Waals surface area contributed by atoms with E-state index in [-0.39, 0.29) is 16.7 Å². The van der Waals surface area contributed by atoms with E-state index in [1.165, 1.54) is 11.8 Å². The number of amides is 1. The molecule has 0 unspecified atom stereocenters. The molecule has 1 heterocycles. The Bertz CT molecular complexity index is 904. The summed E-state index contributed by atoms with van der Waals surface area (Å²) >= 11 is 1.29. The molecule has 3 rings (SSSR count). The predicted octanol–water partition coefficient (Wildman–Crippen LogP) is 5.04. The number of nitrogens with zero attached hydrogens (tertiary/aromatic N) is 3.